The number of hydrogen-bond donors (Lipinski definition) is 1. The third-order valence-corrected chi connectivity index (χ3v) is 3.51. The van der Waals surface area contributed by atoms with Crippen molar-refractivity contribution in [1.29, 1.82) is 0 Å². The van der Waals surface area contributed by atoms with E-state index in [1.165, 1.54) is 11.1 Å². The number of benzene rings is 1. The van der Waals surface area contributed by atoms with Gasteiger partial charge in [-0.3, -0.25) is 4.68 Å². The largest absolute Gasteiger partial charge is 0.396 e. The lowest BCUT2D eigenvalue weighted by atomic mass is 10.0. The first-order valence-corrected chi connectivity index (χ1v) is 6.88. The second-order valence-electron chi connectivity index (χ2n) is 5.68. The van der Waals surface area contributed by atoms with Crippen molar-refractivity contribution in [2.24, 2.45) is 5.92 Å². The van der Waals surface area contributed by atoms with E-state index >= 15 is 0 Å². The molecule has 0 saturated heterocycles. The number of rotatable bonds is 4. The summed E-state index contributed by atoms with van der Waals surface area (Å²) in [5.74, 6) is 0.676. The maximum Gasteiger partial charge on any atom is 0.115 e. The minimum absolute atomic E-state index is 0.676. The lowest BCUT2D eigenvalue weighted by Gasteiger charge is -2.05. The SMILES string of the molecule is Cc1ccc(-c2nn(CCC(C)C)cc2N)cc1C. The Bertz CT molecular complexity index is 567. The van der Waals surface area contributed by atoms with Gasteiger partial charge < -0.3 is 5.73 Å². The highest BCUT2D eigenvalue weighted by atomic mass is 15.3. The number of aryl methyl sites for hydroxylation is 3. The minimum atomic E-state index is 0.676. The van der Waals surface area contributed by atoms with Gasteiger partial charge in [0.1, 0.15) is 5.69 Å². The summed E-state index contributed by atoms with van der Waals surface area (Å²) < 4.78 is 1.96. The minimum Gasteiger partial charge on any atom is -0.396 e. The van der Waals surface area contributed by atoms with Crippen LogP contribution in [0.15, 0.2) is 24.4 Å². The molecule has 0 spiro atoms. The molecule has 2 aromatic rings. The van der Waals surface area contributed by atoms with E-state index in [0.717, 1.165) is 29.9 Å². The van der Waals surface area contributed by atoms with E-state index in [1.807, 2.05) is 10.9 Å². The Morgan fingerprint density at radius 1 is 1.21 bits per heavy atom. The van der Waals surface area contributed by atoms with Crippen molar-refractivity contribution in [3.05, 3.63) is 35.5 Å². The average Bonchev–Trinajstić information content (AvgIpc) is 2.72. The number of hydrogen-bond acceptors (Lipinski definition) is 2. The van der Waals surface area contributed by atoms with Crippen LogP contribution in [0.1, 0.15) is 31.4 Å². The Morgan fingerprint density at radius 3 is 2.58 bits per heavy atom. The van der Waals surface area contributed by atoms with Gasteiger partial charge >= 0.3 is 0 Å². The van der Waals surface area contributed by atoms with Crippen LogP contribution in [0.4, 0.5) is 5.69 Å². The molecule has 19 heavy (non-hydrogen) atoms. The van der Waals surface area contributed by atoms with E-state index in [1.54, 1.807) is 0 Å². The van der Waals surface area contributed by atoms with Crippen molar-refractivity contribution in [2.75, 3.05) is 5.73 Å². The molecule has 1 aromatic carbocycles. The summed E-state index contributed by atoms with van der Waals surface area (Å²) in [6.07, 6.45) is 3.06. The molecule has 1 heterocycles. The van der Waals surface area contributed by atoms with Crippen LogP contribution in [0, 0.1) is 19.8 Å². The summed E-state index contributed by atoms with van der Waals surface area (Å²) in [7, 11) is 0. The third-order valence-electron chi connectivity index (χ3n) is 3.51. The van der Waals surface area contributed by atoms with Crippen LogP contribution < -0.4 is 5.73 Å². The van der Waals surface area contributed by atoms with E-state index in [-0.39, 0.29) is 0 Å². The van der Waals surface area contributed by atoms with Crippen LogP contribution in [0.25, 0.3) is 11.3 Å². The first kappa shape index (κ1) is 13.7. The molecule has 0 saturated carbocycles. The molecule has 0 aliphatic carbocycles. The Labute approximate surface area is 115 Å². The number of nitrogen functional groups attached to an aromatic ring is 1. The number of nitrogens with zero attached hydrogens (tertiary/aromatic N) is 2. The molecule has 0 aliphatic rings. The quantitative estimate of drug-likeness (QED) is 0.905. The van der Waals surface area contributed by atoms with Gasteiger partial charge in [-0.2, -0.15) is 5.10 Å². The molecule has 0 amide bonds. The van der Waals surface area contributed by atoms with E-state index in [0.29, 0.717) is 5.92 Å². The van der Waals surface area contributed by atoms with Gasteiger partial charge in [-0.05, 0) is 43.4 Å². The molecule has 0 fully saturated rings. The summed E-state index contributed by atoms with van der Waals surface area (Å²) in [5, 5.41) is 4.61. The van der Waals surface area contributed by atoms with Crippen LogP contribution in [0.2, 0.25) is 0 Å². The highest BCUT2D eigenvalue weighted by molar-refractivity contribution is 5.72. The molecule has 3 nitrogen and oxygen atoms in total. The zero-order valence-corrected chi connectivity index (χ0v) is 12.3. The zero-order chi connectivity index (χ0) is 14.0. The Balaban J connectivity index is 2.27. The molecule has 0 bridgehead atoms. The van der Waals surface area contributed by atoms with Gasteiger partial charge in [0.05, 0.1) is 5.69 Å². The molecule has 2 rings (SSSR count). The monoisotopic (exact) mass is 257 g/mol. The normalized spacial score (nSPS) is 11.2. The standard InChI is InChI=1S/C16H23N3/c1-11(2)7-8-19-10-15(17)16(18-19)14-6-5-12(3)13(4)9-14/h5-6,9-11H,7-8,17H2,1-4H3. The highest BCUT2D eigenvalue weighted by Crippen LogP contribution is 2.26. The average molecular weight is 257 g/mol. The van der Waals surface area contributed by atoms with Gasteiger partial charge in [0.15, 0.2) is 0 Å². The molecule has 0 radical (unpaired) electrons. The molecule has 3 heteroatoms. The lowest BCUT2D eigenvalue weighted by molar-refractivity contribution is 0.488. The van der Waals surface area contributed by atoms with Crippen LogP contribution in [0.3, 0.4) is 0 Å². The van der Waals surface area contributed by atoms with Crippen LogP contribution in [0.5, 0.6) is 0 Å². The van der Waals surface area contributed by atoms with Gasteiger partial charge in [0.25, 0.3) is 0 Å². The maximum atomic E-state index is 6.08. The second-order valence-corrected chi connectivity index (χ2v) is 5.68. The molecule has 1 aromatic heterocycles. The van der Waals surface area contributed by atoms with E-state index in [9.17, 15) is 0 Å². The summed E-state index contributed by atoms with van der Waals surface area (Å²) in [6, 6.07) is 6.37. The molecular weight excluding hydrogens is 234 g/mol. The van der Waals surface area contributed by atoms with Crippen molar-refractivity contribution in [2.45, 2.75) is 40.7 Å². The van der Waals surface area contributed by atoms with Crippen molar-refractivity contribution in [1.82, 2.24) is 9.78 Å². The number of anilines is 1. The Kier molecular flexibility index (Phi) is 3.93. The smallest absolute Gasteiger partial charge is 0.115 e. The first-order chi connectivity index (χ1) is 8.97. The van der Waals surface area contributed by atoms with Crippen molar-refractivity contribution < 1.29 is 0 Å². The molecular formula is C16H23N3. The van der Waals surface area contributed by atoms with Gasteiger partial charge in [-0.15, -0.1) is 0 Å². The van der Waals surface area contributed by atoms with Crippen molar-refractivity contribution in [3.8, 4) is 11.3 Å². The summed E-state index contributed by atoms with van der Waals surface area (Å²) in [4.78, 5) is 0. The third kappa shape index (κ3) is 3.16. The maximum absolute atomic E-state index is 6.08. The van der Waals surface area contributed by atoms with Gasteiger partial charge in [0, 0.05) is 18.3 Å². The van der Waals surface area contributed by atoms with Crippen LogP contribution in [-0.4, -0.2) is 9.78 Å². The van der Waals surface area contributed by atoms with Crippen LogP contribution >= 0.6 is 0 Å². The predicted molar refractivity (Wildman–Crippen MR) is 81.0 cm³/mol. The summed E-state index contributed by atoms with van der Waals surface area (Å²) in [5.41, 5.74) is 11.4. The van der Waals surface area contributed by atoms with Gasteiger partial charge in [-0.25, -0.2) is 0 Å². The zero-order valence-electron chi connectivity index (χ0n) is 12.3. The van der Waals surface area contributed by atoms with E-state index in [4.69, 9.17) is 5.73 Å². The van der Waals surface area contributed by atoms with Gasteiger partial charge in [0.2, 0.25) is 0 Å². The van der Waals surface area contributed by atoms with Crippen LogP contribution in [-0.2, 0) is 6.54 Å². The van der Waals surface area contributed by atoms with Gasteiger partial charge in [-0.1, -0.05) is 26.0 Å². The summed E-state index contributed by atoms with van der Waals surface area (Å²) >= 11 is 0. The highest BCUT2D eigenvalue weighted by Gasteiger charge is 2.09. The number of nitrogens with two attached hydrogens (primary N) is 1. The molecule has 102 valence electrons. The first-order valence-electron chi connectivity index (χ1n) is 6.88. The Hall–Kier alpha value is -1.77. The fourth-order valence-corrected chi connectivity index (χ4v) is 2.05. The second kappa shape index (κ2) is 5.47. The fourth-order valence-electron chi connectivity index (χ4n) is 2.05. The molecule has 0 unspecified atom stereocenters. The molecule has 0 atom stereocenters. The van der Waals surface area contributed by atoms with Crippen molar-refractivity contribution >= 4 is 5.69 Å². The number of aromatic nitrogens is 2. The Morgan fingerprint density at radius 2 is 1.95 bits per heavy atom. The topological polar surface area (TPSA) is 43.8 Å². The van der Waals surface area contributed by atoms with Crippen molar-refractivity contribution in [3.63, 3.8) is 0 Å². The summed E-state index contributed by atoms with van der Waals surface area (Å²) in [6.45, 7) is 9.59. The molecule has 0 aliphatic heterocycles. The molecule has 2 N–H and O–H groups in total. The van der Waals surface area contributed by atoms with E-state index < -0.39 is 0 Å². The van der Waals surface area contributed by atoms with E-state index in [2.05, 4.69) is 51.0 Å². The lowest BCUT2D eigenvalue weighted by Crippen LogP contribution is -2.02. The predicted octanol–water partition coefficient (Wildman–Crippen LogP) is 3.80. The fraction of sp³-hybridized carbons (Fsp3) is 0.438.